The van der Waals surface area contributed by atoms with E-state index in [0.29, 0.717) is 11.3 Å². The van der Waals surface area contributed by atoms with Crippen molar-refractivity contribution in [3.63, 3.8) is 0 Å². The molecule has 0 saturated carbocycles. The van der Waals surface area contributed by atoms with E-state index in [9.17, 15) is 9.59 Å². The lowest BCUT2D eigenvalue weighted by molar-refractivity contribution is -0.139. The maximum atomic E-state index is 11.9. The zero-order valence-corrected chi connectivity index (χ0v) is 12.0. The van der Waals surface area contributed by atoms with Crippen LogP contribution in [0.1, 0.15) is 21.7 Å². The Bertz CT molecular complexity index is 795. The first-order chi connectivity index (χ1) is 10.6. The fourth-order valence-electron chi connectivity index (χ4n) is 2.13. The van der Waals surface area contributed by atoms with Gasteiger partial charge in [0.2, 0.25) is 0 Å². The van der Waals surface area contributed by atoms with Crippen LogP contribution in [-0.4, -0.2) is 11.8 Å². The molecule has 22 heavy (non-hydrogen) atoms. The molecule has 0 bridgehead atoms. The van der Waals surface area contributed by atoms with Gasteiger partial charge in [0.1, 0.15) is 18.0 Å². The van der Waals surface area contributed by atoms with Gasteiger partial charge in [-0.2, -0.15) is 0 Å². The van der Waals surface area contributed by atoms with Crippen LogP contribution in [-0.2, 0) is 16.1 Å². The van der Waals surface area contributed by atoms with Gasteiger partial charge >= 0.3 is 5.97 Å². The zero-order valence-electron chi connectivity index (χ0n) is 12.0. The number of carbonyl (C=O) groups is 2. The summed E-state index contributed by atoms with van der Waals surface area (Å²) in [5.41, 5.74) is 2.06. The van der Waals surface area contributed by atoms with Crippen LogP contribution in [0.5, 0.6) is 0 Å². The molecule has 0 unspecified atom stereocenters. The smallest absolute Gasteiger partial charge is 0.380 e. The number of aryl methyl sites for hydroxylation is 1. The average Bonchev–Trinajstić information content (AvgIpc) is 2.95. The van der Waals surface area contributed by atoms with E-state index in [4.69, 9.17) is 9.15 Å². The van der Waals surface area contributed by atoms with Crippen LogP contribution in [0.3, 0.4) is 0 Å². The van der Waals surface area contributed by atoms with E-state index >= 15 is 0 Å². The number of Topliss-reactive ketones (excluding diaryl/α,β-unsaturated/α-hetero) is 1. The van der Waals surface area contributed by atoms with Crippen LogP contribution in [0.2, 0.25) is 0 Å². The highest BCUT2D eigenvalue weighted by molar-refractivity contribution is 6.40. The SMILES string of the molecule is Cc1ccc(C(=O)C(=O)OCc2cc3ccccc3o2)cc1. The van der Waals surface area contributed by atoms with Crippen LogP contribution < -0.4 is 0 Å². The molecule has 0 radical (unpaired) electrons. The molecule has 0 spiro atoms. The van der Waals surface area contributed by atoms with Gasteiger partial charge < -0.3 is 9.15 Å². The second-order valence-corrected chi connectivity index (χ2v) is 5.02. The summed E-state index contributed by atoms with van der Waals surface area (Å²) in [6.07, 6.45) is 0. The number of ether oxygens (including phenoxy) is 1. The number of fused-ring (bicyclic) bond motifs is 1. The lowest BCUT2D eigenvalue weighted by Gasteiger charge is -2.02. The third-order valence-electron chi connectivity index (χ3n) is 3.32. The fourth-order valence-corrected chi connectivity index (χ4v) is 2.13. The highest BCUT2D eigenvalue weighted by atomic mass is 16.5. The minimum atomic E-state index is -0.885. The molecule has 0 atom stereocenters. The van der Waals surface area contributed by atoms with Gasteiger partial charge in [0.25, 0.3) is 5.78 Å². The summed E-state index contributed by atoms with van der Waals surface area (Å²) >= 11 is 0. The molecule has 3 aromatic rings. The molecule has 1 heterocycles. The molecule has 1 aromatic heterocycles. The van der Waals surface area contributed by atoms with Crippen molar-refractivity contribution in [3.05, 3.63) is 71.5 Å². The molecular weight excluding hydrogens is 280 g/mol. The van der Waals surface area contributed by atoms with E-state index in [-0.39, 0.29) is 6.61 Å². The monoisotopic (exact) mass is 294 g/mol. The van der Waals surface area contributed by atoms with Crippen molar-refractivity contribution in [2.75, 3.05) is 0 Å². The number of hydrogen-bond donors (Lipinski definition) is 0. The van der Waals surface area contributed by atoms with E-state index in [1.165, 1.54) is 0 Å². The molecule has 0 amide bonds. The average molecular weight is 294 g/mol. The third-order valence-corrected chi connectivity index (χ3v) is 3.32. The van der Waals surface area contributed by atoms with Crippen molar-refractivity contribution in [3.8, 4) is 0 Å². The van der Waals surface area contributed by atoms with E-state index in [1.807, 2.05) is 31.2 Å². The molecule has 0 aliphatic carbocycles. The largest absolute Gasteiger partial charge is 0.457 e. The lowest BCUT2D eigenvalue weighted by Crippen LogP contribution is -2.17. The summed E-state index contributed by atoms with van der Waals surface area (Å²) < 4.78 is 10.6. The van der Waals surface area contributed by atoms with Crippen molar-refractivity contribution >= 4 is 22.7 Å². The van der Waals surface area contributed by atoms with Gasteiger partial charge in [0.05, 0.1) is 0 Å². The number of benzene rings is 2. The van der Waals surface area contributed by atoms with Gasteiger partial charge in [-0.15, -0.1) is 0 Å². The van der Waals surface area contributed by atoms with Crippen LogP contribution in [0.25, 0.3) is 11.0 Å². The summed E-state index contributed by atoms with van der Waals surface area (Å²) in [6.45, 7) is 1.85. The van der Waals surface area contributed by atoms with Crippen molar-refractivity contribution in [2.45, 2.75) is 13.5 Å². The first-order valence-corrected chi connectivity index (χ1v) is 6.89. The summed E-state index contributed by atoms with van der Waals surface area (Å²) in [4.78, 5) is 23.7. The number of rotatable bonds is 4. The number of ketones is 1. The van der Waals surface area contributed by atoms with Crippen LogP contribution >= 0.6 is 0 Å². The van der Waals surface area contributed by atoms with Crippen LogP contribution in [0.4, 0.5) is 0 Å². The Morgan fingerprint density at radius 2 is 1.77 bits per heavy atom. The quantitative estimate of drug-likeness (QED) is 0.418. The van der Waals surface area contributed by atoms with Crippen LogP contribution in [0, 0.1) is 6.92 Å². The number of furan rings is 1. The molecule has 4 nitrogen and oxygen atoms in total. The predicted molar refractivity (Wildman–Crippen MR) is 81.5 cm³/mol. The Kier molecular flexibility index (Phi) is 3.74. The van der Waals surface area contributed by atoms with Gasteiger partial charge in [0.15, 0.2) is 0 Å². The number of hydrogen-bond acceptors (Lipinski definition) is 4. The maximum Gasteiger partial charge on any atom is 0.380 e. The number of esters is 1. The number of carbonyl (C=O) groups excluding carboxylic acids is 2. The second kappa shape index (κ2) is 5.85. The van der Waals surface area contributed by atoms with Crippen molar-refractivity contribution in [1.29, 1.82) is 0 Å². The minimum absolute atomic E-state index is 0.0644. The molecule has 4 heteroatoms. The summed E-state index contributed by atoms with van der Waals surface area (Å²) in [7, 11) is 0. The highest BCUT2D eigenvalue weighted by Crippen LogP contribution is 2.19. The molecular formula is C18H14O4. The Morgan fingerprint density at radius 3 is 2.50 bits per heavy atom. The van der Waals surface area contributed by atoms with Gasteiger partial charge in [-0.25, -0.2) is 4.79 Å². The molecule has 110 valence electrons. The number of para-hydroxylation sites is 1. The van der Waals surface area contributed by atoms with E-state index in [0.717, 1.165) is 16.5 Å². The summed E-state index contributed by atoms with van der Waals surface area (Å²) in [5, 5.41) is 0.929. The maximum absolute atomic E-state index is 11.9. The van der Waals surface area contributed by atoms with E-state index < -0.39 is 11.8 Å². The predicted octanol–water partition coefficient (Wildman–Crippen LogP) is 3.67. The second-order valence-electron chi connectivity index (χ2n) is 5.02. The Morgan fingerprint density at radius 1 is 1.05 bits per heavy atom. The normalized spacial score (nSPS) is 10.6. The van der Waals surface area contributed by atoms with Gasteiger partial charge in [0, 0.05) is 10.9 Å². The fraction of sp³-hybridized carbons (Fsp3) is 0.111. The van der Waals surface area contributed by atoms with Gasteiger partial charge in [-0.05, 0) is 19.1 Å². The molecule has 3 rings (SSSR count). The van der Waals surface area contributed by atoms with Gasteiger partial charge in [-0.3, -0.25) is 4.79 Å². The van der Waals surface area contributed by atoms with Gasteiger partial charge in [-0.1, -0.05) is 48.0 Å². The lowest BCUT2D eigenvalue weighted by atomic mass is 10.1. The van der Waals surface area contributed by atoms with E-state index in [2.05, 4.69) is 0 Å². The third kappa shape index (κ3) is 2.91. The van der Waals surface area contributed by atoms with Crippen molar-refractivity contribution < 1.29 is 18.7 Å². The van der Waals surface area contributed by atoms with E-state index in [1.54, 1.807) is 30.3 Å². The first-order valence-electron chi connectivity index (χ1n) is 6.89. The topological polar surface area (TPSA) is 56.5 Å². The Hall–Kier alpha value is -2.88. The standard InChI is InChI=1S/C18H14O4/c1-12-6-8-13(9-7-12)17(19)18(20)21-11-15-10-14-4-2-3-5-16(14)22-15/h2-10H,11H2,1H3. The molecule has 0 N–H and O–H groups in total. The highest BCUT2D eigenvalue weighted by Gasteiger charge is 2.18. The van der Waals surface area contributed by atoms with Crippen molar-refractivity contribution in [1.82, 2.24) is 0 Å². The van der Waals surface area contributed by atoms with Crippen molar-refractivity contribution in [2.24, 2.45) is 0 Å². The molecule has 0 saturated heterocycles. The van der Waals surface area contributed by atoms with Crippen LogP contribution in [0.15, 0.2) is 59.0 Å². The Labute approximate surface area is 127 Å². The summed E-state index contributed by atoms with van der Waals surface area (Å²) in [5.74, 6) is -1.04. The zero-order chi connectivity index (χ0) is 15.5. The Balaban J connectivity index is 1.66. The summed E-state index contributed by atoms with van der Waals surface area (Å²) in [6, 6.07) is 16.1. The minimum Gasteiger partial charge on any atom is -0.457 e. The molecule has 0 fully saturated rings. The molecule has 0 aliphatic rings. The molecule has 0 aliphatic heterocycles. The first kappa shape index (κ1) is 14.1. The molecule has 2 aromatic carbocycles.